The largest absolute Gasteiger partial charge is 0.366 e. The first-order valence-electron chi connectivity index (χ1n) is 7.36. The summed E-state index contributed by atoms with van der Waals surface area (Å²) in [7, 11) is 4.24. The van der Waals surface area contributed by atoms with Crippen LogP contribution in [-0.2, 0) is 6.54 Å². The third kappa shape index (κ3) is 3.81. The highest BCUT2D eigenvalue weighted by Crippen LogP contribution is 2.23. The molecule has 0 heterocycles. The van der Waals surface area contributed by atoms with Crippen LogP contribution >= 0.6 is 0 Å². The van der Waals surface area contributed by atoms with E-state index in [1.807, 2.05) is 24.3 Å². The molecule has 0 bridgehead atoms. The number of carbonyl (C=O) groups is 1. The van der Waals surface area contributed by atoms with Crippen LogP contribution in [0, 0.1) is 0 Å². The molecule has 0 atom stereocenters. The van der Waals surface area contributed by atoms with Gasteiger partial charge in [0.1, 0.15) is 0 Å². The Labute approximate surface area is 121 Å². The number of hydrogen-bond donors (Lipinski definition) is 2. The highest BCUT2D eigenvalue weighted by Gasteiger charge is 2.22. The van der Waals surface area contributed by atoms with Gasteiger partial charge in [0.25, 0.3) is 0 Å². The van der Waals surface area contributed by atoms with Gasteiger partial charge in [-0.2, -0.15) is 0 Å². The molecule has 20 heavy (non-hydrogen) atoms. The van der Waals surface area contributed by atoms with E-state index < -0.39 is 0 Å². The number of benzene rings is 1. The second-order valence-electron chi connectivity index (χ2n) is 5.77. The Morgan fingerprint density at radius 1 is 1.25 bits per heavy atom. The van der Waals surface area contributed by atoms with E-state index in [1.54, 1.807) is 0 Å². The average molecular weight is 275 g/mol. The maximum absolute atomic E-state index is 11.0. The van der Waals surface area contributed by atoms with Crippen LogP contribution in [0.4, 0.5) is 0 Å². The number of carbonyl (C=O) groups excluding carboxylic acids is 1. The zero-order valence-electron chi connectivity index (χ0n) is 12.4. The van der Waals surface area contributed by atoms with Gasteiger partial charge in [0.15, 0.2) is 0 Å². The second-order valence-corrected chi connectivity index (χ2v) is 5.77. The van der Waals surface area contributed by atoms with Gasteiger partial charge in [-0.3, -0.25) is 9.69 Å². The number of nitrogens with one attached hydrogen (secondary N) is 1. The molecule has 1 aliphatic carbocycles. The minimum absolute atomic E-state index is 0.365. The van der Waals surface area contributed by atoms with Gasteiger partial charge in [0, 0.05) is 24.2 Å². The second kappa shape index (κ2) is 6.86. The van der Waals surface area contributed by atoms with Gasteiger partial charge < -0.3 is 11.1 Å². The van der Waals surface area contributed by atoms with Crippen molar-refractivity contribution in [1.82, 2.24) is 10.2 Å². The lowest BCUT2D eigenvalue weighted by atomic mass is 9.90. The van der Waals surface area contributed by atoms with Crippen molar-refractivity contribution in [2.75, 3.05) is 14.1 Å². The number of nitrogens with two attached hydrogens (primary N) is 1. The van der Waals surface area contributed by atoms with E-state index in [2.05, 4.69) is 24.3 Å². The van der Waals surface area contributed by atoms with E-state index in [9.17, 15) is 4.79 Å². The molecule has 4 heteroatoms. The van der Waals surface area contributed by atoms with Crippen LogP contribution in [0.3, 0.4) is 0 Å². The number of amides is 1. The molecule has 1 amide bonds. The third-order valence-corrected chi connectivity index (χ3v) is 4.40. The summed E-state index contributed by atoms with van der Waals surface area (Å²) in [5.74, 6) is -0.365. The zero-order chi connectivity index (χ0) is 14.5. The molecule has 110 valence electrons. The first kappa shape index (κ1) is 15.0. The lowest BCUT2D eigenvalue weighted by Gasteiger charge is -2.34. The van der Waals surface area contributed by atoms with Crippen LogP contribution in [0.1, 0.15) is 41.6 Å². The predicted octanol–water partition coefficient (Wildman–Crippen LogP) is 1.75. The number of nitrogens with zero attached hydrogens (tertiary/aromatic N) is 1. The van der Waals surface area contributed by atoms with Crippen molar-refractivity contribution in [3.8, 4) is 0 Å². The van der Waals surface area contributed by atoms with Crippen molar-refractivity contribution >= 4 is 5.91 Å². The monoisotopic (exact) mass is 275 g/mol. The molecule has 0 aromatic heterocycles. The van der Waals surface area contributed by atoms with Gasteiger partial charge >= 0.3 is 0 Å². The molecule has 2 rings (SSSR count). The smallest absolute Gasteiger partial charge is 0.248 e. The van der Waals surface area contributed by atoms with Gasteiger partial charge in [-0.1, -0.05) is 12.1 Å². The molecule has 1 aromatic rings. The molecule has 1 saturated carbocycles. The molecule has 3 N–H and O–H groups in total. The van der Waals surface area contributed by atoms with Crippen LogP contribution in [0.2, 0.25) is 0 Å². The Morgan fingerprint density at radius 3 is 2.35 bits per heavy atom. The van der Waals surface area contributed by atoms with E-state index in [4.69, 9.17) is 5.73 Å². The fourth-order valence-electron chi connectivity index (χ4n) is 3.00. The Balaban J connectivity index is 1.88. The molecule has 1 aromatic carbocycles. The molecule has 1 fully saturated rings. The van der Waals surface area contributed by atoms with E-state index in [1.165, 1.54) is 31.2 Å². The summed E-state index contributed by atoms with van der Waals surface area (Å²) in [6.07, 6.45) is 5.01. The molecule has 0 spiro atoms. The van der Waals surface area contributed by atoms with E-state index in [0.29, 0.717) is 17.6 Å². The summed E-state index contributed by atoms with van der Waals surface area (Å²) in [5, 5.41) is 3.37. The normalized spacial score (nSPS) is 22.9. The van der Waals surface area contributed by atoms with Crippen molar-refractivity contribution < 1.29 is 4.79 Å². The fourth-order valence-corrected chi connectivity index (χ4v) is 3.00. The molecule has 0 radical (unpaired) electrons. The van der Waals surface area contributed by atoms with Crippen LogP contribution in [0.25, 0.3) is 0 Å². The molecular formula is C16H25N3O. The Bertz CT molecular complexity index is 436. The summed E-state index contributed by atoms with van der Waals surface area (Å²) in [5.41, 5.74) is 7.06. The molecule has 0 unspecified atom stereocenters. The molecule has 0 saturated heterocycles. The van der Waals surface area contributed by atoms with Crippen molar-refractivity contribution in [2.24, 2.45) is 5.73 Å². The quantitative estimate of drug-likeness (QED) is 0.860. The number of hydrogen-bond acceptors (Lipinski definition) is 3. The molecule has 0 aliphatic heterocycles. The van der Waals surface area contributed by atoms with Gasteiger partial charge in [-0.15, -0.1) is 0 Å². The highest BCUT2D eigenvalue weighted by atomic mass is 16.1. The Morgan fingerprint density at radius 2 is 1.85 bits per heavy atom. The van der Waals surface area contributed by atoms with Crippen molar-refractivity contribution in [3.63, 3.8) is 0 Å². The standard InChI is InChI=1S/C16H25N3O/c1-18-14-7-9-15(10-8-14)19(2)11-12-3-5-13(6-4-12)16(17)20/h3-6,14-15,18H,7-11H2,1-2H3,(H2,17,20). The average Bonchev–Trinajstić information content (AvgIpc) is 2.48. The van der Waals surface area contributed by atoms with Crippen LogP contribution in [0.5, 0.6) is 0 Å². The van der Waals surface area contributed by atoms with E-state index in [-0.39, 0.29) is 5.91 Å². The summed E-state index contributed by atoms with van der Waals surface area (Å²) in [6, 6.07) is 8.96. The summed E-state index contributed by atoms with van der Waals surface area (Å²) in [6.45, 7) is 0.925. The highest BCUT2D eigenvalue weighted by molar-refractivity contribution is 5.92. The zero-order valence-corrected chi connectivity index (χ0v) is 12.4. The minimum atomic E-state index is -0.365. The Hall–Kier alpha value is -1.39. The van der Waals surface area contributed by atoms with Crippen molar-refractivity contribution in [3.05, 3.63) is 35.4 Å². The number of primary amides is 1. The van der Waals surface area contributed by atoms with Gasteiger partial charge in [-0.05, 0) is 57.5 Å². The first-order chi connectivity index (χ1) is 9.60. The van der Waals surface area contributed by atoms with Crippen LogP contribution in [0.15, 0.2) is 24.3 Å². The molecule has 1 aliphatic rings. The van der Waals surface area contributed by atoms with E-state index in [0.717, 1.165) is 6.54 Å². The summed E-state index contributed by atoms with van der Waals surface area (Å²) < 4.78 is 0. The minimum Gasteiger partial charge on any atom is -0.366 e. The van der Waals surface area contributed by atoms with Gasteiger partial charge in [0.2, 0.25) is 5.91 Å². The van der Waals surface area contributed by atoms with Crippen LogP contribution in [-0.4, -0.2) is 37.0 Å². The lowest BCUT2D eigenvalue weighted by molar-refractivity contribution is 0.100. The first-order valence-corrected chi connectivity index (χ1v) is 7.36. The van der Waals surface area contributed by atoms with Crippen LogP contribution < -0.4 is 11.1 Å². The third-order valence-electron chi connectivity index (χ3n) is 4.40. The maximum atomic E-state index is 11.0. The predicted molar refractivity (Wildman–Crippen MR) is 81.5 cm³/mol. The fraction of sp³-hybridized carbons (Fsp3) is 0.562. The van der Waals surface area contributed by atoms with Crippen molar-refractivity contribution in [1.29, 1.82) is 0 Å². The lowest BCUT2D eigenvalue weighted by Crippen LogP contribution is -2.39. The molecule has 4 nitrogen and oxygen atoms in total. The van der Waals surface area contributed by atoms with Crippen molar-refractivity contribution in [2.45, 2.75) is 44.3 Å². The number of rotatable bonds is 5. The Kier molecular flexibility index (Phi) is 5.15. The SMILES string of the molecule is CNC1CCC(N(C)Cc2ccc(C(N)=O)cc2)CC1. The van der Waals surface area contributed by atoms with Gasteiger partial charge in [0.05, 0.1) is 0 Å². The molecular weight excluding hydrogens is 250 g/mol. The topological polar surface area (TPSA) is 58.4 Å². The van der Waals surface area contributed by atoms with Gasteiger partial charge in [-0.25, -0.2) is 0 Å². The maximum Gasteiger partial charge on any atom is 0.248 e. The van der Waals surface area contributed by atoms with E-state index >= 15 is 0 Å². The summed E-state index contributed by atoms with van der Waals surface area (Å²) in [4.78, 5) is 13.5. The summed E-state index contributed by atoms with van der Waals surface area (Å²) >= 11 is 0.